The third kappa shape index (κ3) is 4.11. The van der Waals surface area contributed by atoms with Crippen molar-refractivity contribution in [3.05, 3.63) is 24.3 Å². The maximum Gasteiger partial charge on any atom is 0.317 e. The molecule has 6 heteroatoms. The second-order valence-corrected chi connectivity index (χ2v) is 4.62. The molecule has 0 radical (unpaired) electrons. The number of carboxylic acids is 1. The van der Waals surface area contributed by atoms with Crippen molar-refractivity contribution in [2.24, 2.45) is 0 Å². The van der Waals surface area contributed by atoms with Gasteiger partial charge in [-0.25, -0.2) is 0 Å². The van der Waals surface area contributed by atoms with Gasteiger partial charge in [-0.1, -0.05) is 12.1 Å². The molecule has 1 atom stereocenters. The number of benzene rings is 1. The van der Waals surface area contributed by atoms with Crippen LogP contribution in [0.3, 0.4) is 0 Å². The highest BCUT2D eigenvalue weighted by Gasteiger charge is 2.23. The van der Waals surface area contributed by atoms with Crippen LogP contribution in [0.25, 0.3) is 0 Å². The van der Waals surface area contributed by atoms with Gasteiger partial charge in [-0.3, -0.25) is 9.69 Å². The van der Waals surface area contributed by atoms with Crippen LogP contribution in [0, 0.1) is 0 Å². The molecule has 0 saturated heterocycles. The van der Waals surface area contributed by atoms with E-state index in [4.69, 9.17) is 19.3 Å². The zero-order valence-corrected chi connectivity index (χ0v) is 11.4. The highest BCUT2D eigenvalue weighted by molar-refractivity contribution is 5.69. The number of methoxy groups -OCH3 is 1. The lowest BCUT2D eigenvalue weighted by Crippen LogP contribution is -2.44. The predicted molar refractivity (Wildman–Crippen MR) is 72.3 cm³/mol. The van der Waals surface area contributed by atoms with E-state index in [9.17, 15) is 4.79 Å². The first-order valence-electron chi connectivity index (χ1n) is 6.50. The molecular formula is C14H19NO5. The fourth-order valence-corrected chi connectivity index (χ4v) is 2.09. The molecule has 0 saturated carbocycles. The summed E-state index contributed by atoms with van der Waals surface area (Å²) in [6, 6.07) is 7.46. The second-order valence-electron chi connectivity index (χ2n) is 4.62. The fraction of sp³-hybridized carbons (Fsp3) is 0.500. The summed E-state index contributed by atoms with van der Waals surface area (Å²) in [5, 5.41) is 8.92. The minimum absolute atomic E-state index is 0.0368. The standard InChI is InChI=1S/C14H19NO5/c1-18-7-6-15(9-14(16)17)8-11-10-19-12-4-2-3-5-13(12)20-11/h2-5,11H,6-10H2,1H3,(H,16,17). The van der Waals surface area contributed by atoms with Crippen molar-refractivity contribution in [3.8, 4) is 11.5 Å². The van der Waals surface area contributed by atoms with Crippen LogP contribution in [0.2, 0.25) is 0 Å². The van der Waals surface area contributed by atoms with Gasteiger partial charge in [0.15, 0.2) is 11.5 Å². The quantitative estimate of drug-likeness (QED) is 0.799. The molecule has 0 fully saturated rings. The van der Waals surface area contributed by atoms with Crippen molar-refractivity contribution in [3.63, 3.8) is 0 Å². The summed E-state index contributed by atoms with van der Waals surface area (Å²) in [6.45, 7) is 1.90. The molecule has 1 aliphatic rings. The van der Waals surface area contributed by atoms with E-state index in [0.29, 0.717) is 32.1 Å². The van der Waals surface area contributed by atoms with E-state index >= 15 is 0 Å². The molecule has 1 aromatic carbocycles. The Balaban J connectivity index is 1.92. The van der Waals surface area contributed by atoms with Crippen molar-refractivity contribution in [1.82, 2.24) is 4.90 Å². The molecule has 0 aromatic heterocycles. The SMILES string of the molecule is COCCN(CC(=O)O)CC1COc2ccccc2O1. The second kappa shape index (κ2) is 7.12. The van der Waals surface area contributed by atoms with Crippen molar-refractivity contribution in [1.29, 1.82) is 0 Å². The van der Waals surface area contributed by atoms with Crippen LogP contribution in [0.1, 0.15) is 0 Å². The molecule has 1 unspecified atom stereocenters. The molecule has 1 N–H and O–H groups in total. The zero-order chi connectivity index (χ0) is 14.4. The molecule has 1 heterocycles. The van der Waals surface area contributed by atoms with Crippen molar-refractivity contribution >= 4 is 5.97 Å². The number of hydrogen-bond acceptors (Lipinski definition) is 5. The van der Waals surface area contributed by atoms with Gasteiger partial charge in [-0.15, -0.1) is 0 Å². The maximum absolute atomic E-state index is 10.9. The Bertz CT molecular complexity index is 451. The Hall–Kier alpha value is -1.79. The Labute approximate surface area is 117 Å². The van der Waals surface area contributed by atoms with E-state index in [0.717, 1.165) is 5.75 Å². The Morgan fingerprint density at radius 3 is 2.90 bits per heavy atom. The van der Waals surface area contributed by atoms with Gasteiger partial charge in [-0.05, 0) is 12.1 Å². The number of ether oxygens (including phenoxy) is 3. The Kier molecular flexibility index (Phi) is 5.20. The van der Waals surface area contributed by atoms with E-state index < -0.39 is 5.97 Å². The first-order chi connectivity index (χ1) is 9.69. The number of carbonyl (C=O) groups is 1. The van der Waals surface area contributed by atoms with Crippen LogP contribution in [0.15, 0.2) is 24.3 Å². The van der Waals surface area contributed by atoms with Crippen LogP contribution >= 0.6 is 0 Å². The van der Waals surface area contributed by atoms with Crippen LogP contribution in [-0.4, -0.2) is 62.0 Å². The molecular weight excluding hydrogens is 262 g/mol. The highest BCUT2D eigenvalue weighted by Crippen LogP contribution is 2.30. The minimum Gasteiger partial charge on any atom is -0.486 e. The monoisotopic (exact) mass is 281 g/mol. The van der Waals surface area contributed by atoms with Crippen molar-refractivity contribution in [2.75, 3.05) is 40.0 Å². The van der Waals surface area contributed by atoms with E-state index in [2.05, 4.69) is 0 Å². The average molecular weight is 281 g/mol. The summed E-state index contributed by atoms with van der Waals surface area (Å²) < 4.78 is 16.4. The number of hydrogen-bond donors (Lipinski definition) is 1. The van der Waals surface area contributed by atoms with Crippen LogP contribution in [0.5, 0.6) is 11.5 Å². The van der Waals surface area contributed by atoms with Gasteiger partial charge in [0.1, 0.15) is 12.7 Å². The summed E-state index contributed by atoms with van der Waals surface area (Å²) in [6.07, 6.45) is -0.180. The topological polar surface area (TPSA) is 68.2 Å². The molecule has 1 aliphatic heterocycles. The van der Waals surface area contributed by atoms with Gasteiger partial charge in [0.2, 0.25) is 0 Å². The van der Waals surface area contributed by atoms with Gasteiger partial charge < -0.3 is 19.3 Å². The zero-order valence-electron chi connectivity index (χ0n) is 11.4. The number of nitrogens with zero attached hydrogens (tertiary/aromatic N) is 1. The van der Waals surface area contributed by atoms with Crippen LogP contribution in [-0.2, 0) is 9.53 Å². The normalized spacial score (nSPS) is 17.2. The summed E-state index contributed by atoms with van der Waals surface area (Å²) in [5.74, 6) is 0.564. The minimum atomic E-state index is -0.863. The molecule has 0 spiro atoms. The largest absolute Gasteiger partial charge is 0.486 e. The van der Waals surface area contributed by atoms with Crippen molar-refractivity contribution in [2.45, 2.75) is 6.10 Å². The smallest absolute Gasteiger partial charge is 0.317 e. The van der Waals surface area contributed by atoms with E-state index in [1.165, 1.54) is 0 Å². The number of fused-ring (bicyclic) bond motifs is 1. The van der Waals surface area contributed by atoms with E-state index in [-0.39, 0.29) is 12.6 Å². The molecule has 110 valence electrons. The fourth-order valence-electron chi connectivity index (χ4n) is 2.09. The third-order valence-electron chi connectivity index (χ3n) is 3.00. The predicted octanol–water partition coefficient (Wildman–Crippen LogP) is 0.859. The molecule has 2 rings (SSSR count). The molecule has 0 amide bonds. The Morgan fingerprint density at radius 2 is 2.20 bits per heavy atom. The lowest BCUT2D eigenvalue weighted by atomic mass is 10.2. The third-order valence-corrected chi connectivity index (χ3v) is 3.00. The van der Waals surface area contributed by atoms with Gasteiger partial charge in [0.25, 0.3) is 0 Å². The number of para-hydroxylation sites is 2. The molecule has 0 aliphatic carbocycles. The van der Waals surface area contributed by atoms with Gasteiger partial charge in [0, 0.05) is 20.2 Å². The van der Waals surface area contributed by atoms with E-state index in [1.807, 2.05) is 24.3 Å². The summed E-state index contributed by atoms with van der Waals surface area (Å²) in [7, 11) is 1.59. The highest BCUT2D eigenvalue weighted by atomic mass is 16.6. The lowest BCUT2D eigenvalue weighted by Gasteiger charge is -2.30. The lowest BCUT2D eigenvalue weighted by molar-refractivity contribution is -0.138. The molecule has 1 aromatic rings. The number of rotatable bonds is 7. The molecule has 20 heavy (non-hydrogen) atoms. The molecule has 0 bridgehead atoms. The van der Waals surface area contributed by atoms with Crippen molar-refractivity contribution < 1.29 is 24.1 Å². The first-order valence-corrected chi connectivity index (χ1v) is 6.50. The summed E-state index contributed by atoms with van der Waals surface area (Å²) in [4.78, 5) is 12.6. The first kappa shape index (κ1) is 14.6. The van der Waals surface area contributed by atoms with Gasteiger partial charge in [0.05, 0.1) is 13.2 Å². The van der Waals surface area contributed by atoms with Gasteiger partial charge in [-0.2, -0.15) is 0 Å². The average Bonchev–Trinajstić information content (AvgIpc) is 2.44. The summed E-state index contributed by atoms with van der Waals surface area (Å²) >= 11 is 0. The number of carboxylic acid groups (broad SMARTS) is 1. The van der Waals surface area contributed by atoms with E-state index in [1.54, 1.807) is 12.0 Å². The van der Waals surface area contributed by atoms with Crippen LogP contribution in [0.4, 0.5) is 0 Å². The van der Waals surface area contributed by atoms with Gasteiger partial charge >= 0.3 is 5.97 Å². The van der Waals surface area contributed by atoms with Crippen LogP contribution < -0.4 is 9.47 Å². The number of aliphatic carboxylic acids is 1. The Morgan fingerprint density at radius 1 is 1.45 bits per heavy atom. The molecule has 6 nitrogen and oxygen atoms in total. The maximum atomic E-state index is 10.9. The summed E-state index contributed by atoms with van der Waals surface area (Å²) in [5.41, 5.74) is 0.